The highest BCUT2D eigenvalue weighted by Crippen LogP contribution is 2.19. The molecule has 0 radical (unpaired) electrons. The Morgan fingerprint density at radius 2 is 1.85 bits per heavy atom. The van der Waals surface area contributed by atoms with Gasteiger partial charge in [0.25, 0.3) is 10.0 Å². The van der Waals surface area contributed by atoms with Gasteiger partial charge in [-0.25, -0.2) is 22.0 Å². The van der Waals surface area contributed by atoms with Crippen molar-refractivity contribution >= 4 is 25.9 Å². The lowest BCUT2D eigenvalue weighted by Crippen LogP contribution is -2.16. The predicted molar refractivity (Wildman–Crippen MR) is 71.9 cm³/mol. The van der Waals surface area contributed by atoms with E-state index in [0.29, 0.717) is 5.56 Å². The van der Waals surface area contributed by atoms with E-state index < -0.39 is 20.0 Å². The molecule has 0 spiro atoms. The summed E-state index contributed by atoms with van der Waals surface area (Å²) in [4.78, 5) is -0.486. The number of nitrogens with two attached hydrogens (primary N) is 1. The zero-order chi connectivity index (χ0) is 15.0. The van der Waals surface area contributed by atoms with Gasteiger partial charge in [0.2, 0.25) is 10.0 Å². The van der Waals surface area contributed by atoms with Gasteiger partial charge >= 0.3 is 0 Å². The minimum atomic E-state index is -3.97. The van der Waals surface area contributed by atoms with Gasteiger partial charge in [0.15, 0.2) is 0 Å². The summed E-state index contributed by atoms with van der Waals surface area (Å²) in [6, 6.07) is 4.77. The van der Waals surface area contributed by atoms with Crippen molar-refractivity contribution in [3.8, 4) is 0 Å². The van der Waals surface area contributed by atoms with Crippen LogP contribution >= 0.6 is 0 Å². The van der Waals surface area contributed by atoms with Crippen LogP contribution in [0.25, 0.3) is 0 Å². The summed E-state index contributed by atoms with van der Waals surface area (Å²) in [5.41, 5.74) is 0.608. The van der Waals surface area contributed by atoms with Crippen LogP contribution in [0.3, 0.4) is 0 Å². The fourth-order valence-corrected chi connectivity index (χ4v) is 3.23. The molecule has 1 heterocycles. The zero-order valence-electron chi connectivity index (χ0n) is 10.4. The number of rotatable bonds is 4. The molecular formula is C10H12N4O4S2. The van der Waals surface area contributed by atoms with E-state index in [1.807, 2.05) is 0 Å². The molecule has 0 aliphatic rings. The molecule has 2 rings (SSSR count). The third kappa shape index (κ3) is 2.98. The molecule has 0 amide bonds. The van der Waals surface area contributed by atoms with E-state index in [4.69, 9.17) is 5.14 Å². The first-order valence-corrected chi connectivity index (χ1v) is 8.39. The summed E-state index contributed by atoms with van der Waals surface area (Å²) in [6.07, 6.45) is 1.46. The zero-order valence-corrected chi connectivity index (χ0v) is 12.0. The molecule has 10 heteroatoms. The van der Waals surface area contributed by atoms with Gasteiger partial charge in [-0.05, 0) is 25.1 Å². The number of primary sulfonamides is 1. The minimum absolute atomic E-state index is 0.210. The van der Waals surface area contributed by atoms with E-state index in [2.05, 4.69) is 14.9 Å². The number of anilines is 1. The van der Waals surface area contributed by atoms with Crippen molar-refractivity contribution in [3.05, 3.63) is 36.0 Å². The molecule has 0 bridgehead atoms. The molecule has 0 saturated carbocycles. The second kappa shape index (κ2) is 4.89. The molecule has 4 N–H and O–H groups in total. The fourth-order valence-electron chi connectivity index (χ4n) is 1.46. The summed E-state index contributed by atoms with van der Waals surface area (Å²) in [6.45, 7) is 1.67. The SMILES string of the molecule is Cc1cn[nH]c1NS(=O)(=O)c1cccc(S(N)(=O)=O)c1. The highest BCUT2D eigenvalue weighted by atomic mass is 32.2. The van der Waals surface area contributed by atoms with Crippen molar-refractivity contribution in [1.29, 1.82) is 0 Å². The number of hydrogen-bond acceptors (Lipinski definition) is 5. The highest BCUT2D eigenvalue weighted by molar-refractivity contribution is 7.93. The summed E-state index contributed by atoms with van der Waals surface area (Å²) >= 11 is 0. The molecule has 0 fully saturated rings. The number of nitrogens with zero attached hydrogens (tertiary/aromatic N) is 1. The maximum absolute atomic E-state index is 12.1. The molecule has 0 unspecified atom stereocenters. The molecule has 0 atom stereocenters. The van der Waals surface area contributed by atoms with Crippen molar-refractivity contribution in [2.75, 3.05) is 4.72 Å². The van der Waals surface area contributed by atoms with Gasteiger partial charge in [0, 0.05) is 5.56 Å². The first kappa shape index (κ1) is 14.5. The molecule has 0 aliphatic carbocycles. The van der Waals surface area contributed by atoms with Crippen LogP contribution in [-0.4, -0.2) is 27.0 Å². The fraction of sp³-hybridized carbons (Fsp3) is 0.100. The summed E-state index contributed by atoms with van der Waals surface area (Å²) < 4.78 is 49.0. The van der Waals surface area contributed by atoms with Gasteiger partial charge in [-0.2, -0.15) is 5.10 Å². The van der Waals surface area contributed by atoms with Crippen LogP contribution in [-0.2, 0) is 20.0 Å². The number of H-pyrrole nitrogens is 1. The largest absolute Gasteiger partial charge is 0.264 e. The van der Waals surface area contributed by atoms with Crippen LogP contribution in [0.4, 0.5) is 5.82 Å². The number of sulfonamides is 2. The predicted octanol–water partition coefficient (Wildman–Crippen LogP) is 0.166. The second-order valence-electron chi connectivity index (χ2n) is 4.05. The van der Waals surface area contributed by atoms with Gasteiger partial charge in [-0.15, -0.1) is 0 Å². The maximum Gasteiger partial charge on any atom is 0.263 e. The van der Waals surface area contributed by atoms with Crippen LogP contribution in [0.5, 0.6) is 0 Å². The molecule has 0 aliphatic heterocycles. The van der Waals surface area contributed by atoms with E-state index in [-0.39, 0.29) is 15.6 Å². The Hall–Kier alpha value is -1.91. The lowest BCUT2D eigenvalue weighted by Gasteiger charge is -2.08. The summed E-state index contributed by atoms with van der Waals surface area (Å²) in [5, 5.41) is 11.2. The Bertz CT molecular complexity index is 840. The Balaban J connectivity index is 2.43. The second-order valence-corrected chi connectivity index (χ2v) is 7.30. The Labute approximate surface area is 116 Å². The smallest absolute Gasteiger partial charge is 0.263 e. The average molecular weight is 316 g/mol. The molecule has 20 heavy (non-hydrogen) atoms. The van der Waals surface area contributed by atoms with Crippen molar-refractivity contribution in [2.24, 2.45) is 5.14 Å². The Morgan fingerprint density at radius 1 is 1.20 bits per heavy atom. The molecule has 108 valence electrons. The van der Waals surface area contributed by atoms with Gasteiger partial charge < -0.3 is 0 Å². The van der Waals surface area contributed by atoms with Crippen molar-refractivity contribution in [3.63, 3.8) is 0 Å². The minimum Gasteiger partial charge on any atom is -0.264 e. The van der Waals surface area contributed by atoms with Crippen LogP contribution in [0.2, 0.25) is 0 Å². The van der Waals surface area contributed by atoms with E-state index in [1.54, 1.807) is 6.92 Å². The first-order valence-electron chi connectivity index (χ1n) is 5.36. The quantitative estimate of drug-likeness (QED) is 0.738. The number of aromatic nitrogens is 2. The number of aryl methyl sites for hydroxylation is 1. The van der Waals surface area contributed by atoms with Gasteiger partial charge in [0.1, 0.15) is 5.82 Å². The van der Waals surface area contributed by atoms with E-state index in [1.165, 1.54) is 24.4 Å². The number of nitrogens with one attached hydrogen (secondary N) is 2. The van der Waals surface area contributed by atoms with Crippen LogP contribution in [0.15, 0.2) is 40.3 Å². The third-order valence-corrected chi connectivity index (χ3v) is 4.77. The first-order chi connectivity index (χ1) is 9.20. The standard InChI is InChI=1S/C10H12N4O4S2/c1-7-6-12-13-10(7)14-20(17,18)9-4-2-3-8(5-9)19(11,15)16/h2-6H,1H3,(H2,11,15,16)(H2,12,13,14). The van der Waals surface area contributed by atoms with Crippen molar-refractivity contribution < 1.29 is 16.8 Å². The molecule has 1 aromatic heterocycles. The van der Waals surface area contributed by atoms with Gasteiger partial charge in [-0.1, -0.05) is 6.07 Å². The molecule has 1 aromatic carbocycles. The van der Waals surface area contributed by atoms with Crippen LogP contribution < -0.4 is 9.86 Å². The topological polar surface area (TPSA) is 135 Å². The summed E-state index contributed by atoms with van der Waals surface area (Å²) in [7, 11) is -7.90. The highest BCUT2D eigenvalue weighted by Gasteiger charge is 2.18. The number of benzene rings is 1. The van der Waals surface area contributed by atoms with E-state index in [0.717, 1.165) is 6.07 Å². The maximum atomic E-state index is 12.1. The molecular weight excluding hydrogens is 304 g/mol. The van der Waals surface area contributed by atoms with Crippen LogP contribution in [0.1, 0.15) is 5.56 Å². The van der Waals surface area contributed by atoms with Crippen LogP contribution in [0, 0.1) is 6.92 Å². The lowest BCUT2D eigenvalue weighted by atomic mass is 10.4. The number of aromatic amines is 1. The normalized spacial score (nSPS) is 12.3. The Morgan fingerprint density at radius 3 is 2.40 bits per heavy atom. The Kier molecular flexibility index (Phi) is 3.54. The molecule has 2 aromatic rings. The van der Waals surface area contributed by atoms with Gasteiger partial charge in [-0.3, -0.25) is 9.82 Å². The average Bonchev–Trinajstić information content (AvgIpc) is 2.73. The molecule has 0 saturated heterocycles. The van der Waals surface area contributed by atoms with E-state index in [9.17, 15) is 16.8 Å². The third-order valence-electron chi connectivity index (χ3n) is 2.51. The van der Waals surface area contributed by atoms with Gasteiger partial charge in [0.05, 0.1) is 16.0 Å². The van der Waals surface area contributed by atoms with Crippen molar-refractivity contribution in [2.45, 2.75) is 16.7 Å². The van der Waals surface area contributed by atoms with Crippen molar-refractivity contribution in [1.82, 2.24) is 10.2 Å². The summed E-state index contributed by atoms with van der Waals surface area (Å²) in [5.74, 6) is 0.214. The monoisotopic (exact) mass is 316 g/mol. The lowest BCUT2D eigenvalue weighted by molar-refractivity contribution is 0.597. The number of hydrogen-bond donors (Lipinski definition) is 3. The molecule has 8 nitrogen and oxygen atoms in total. The van der Waals surface area contributed by atoms with E-state index >= 15 is 0 Å².